The van der Waals surface area contributed by atoms with Gasteiger partial charge in [0.2, 0.25) is 5.91 Å². The van der Waals surface area contributed by atoms with E-state index in [1.165, 1.54) is 0 Å². The van der Waals surface area contributed by atoms with E-state index in [9.17, 15) is 4.79 Å². The van der Waals surface area contributed by atoms with E-state index in [-0.39, 0.29) is 5.91 Å². The number of halogens is 1. The van der Waals surface area contributed by atoms with Gasteiger partial charge >= 0.3 is 0 Å². The highest BCUT2D eigenvalue weighted by Crippen LogP contribution is 2.19. The summed E-state index contributed by atoms with van der Waals surface area (Å²) < 4.78 is 0. The van der Waals surface area contributed by atoms with Gasteiger partial charge < -0.3 is 15.5 Å². The molecule has 0 aliphatic carbocycles. The lowest BCUT2D eigenvalue weighted by atomic mass is 10.2. The summed E-state index contributed by atoms with van der Waals surface area (Å²) in [5.41, 5.74) is 1.78. The molecule has 2 N–H and O–H groups in total. The lowest BCUT2D eigenvalue weighted by molar-refractivity contribution is -0.115. The number of rotatable bonds is 8. The maximum absolute atomic E-state index is 11.9. The Morgan fingerprint density at radius 3 is 2.76 bits per heavy atom. The number of hydrogen-bond donors (Lipinski definition) is 2. The molecule has 0 heterocycles. The van der Waals surface area contributed by atoms with Crippen LogP contribution in [0.5, 0.6) is 0 Å². The summed E-state index contributed by atoms with van der Waals surface area (Å²) in [6, 6.07) is 6.04. The Balaban J connectivity index is 2.24. The van der Waals surface area contributed by atoms with E-state index in [0.29, 0.717) is 17.6 Å². The van der Waals surface area contributed by atoms with Crippen LogP contribution in [0.2, 0.25) is 5.02 Å². The first-order valence-corrected chi connectivity index (χ1v) is 7.75. The zero-order chi connectivity index (χ0) is 15.8. The minimum absolute atomic E-state index is 0.0439. The second kappa shape index (κ2) is 9.03. The monoisotopic (exact) mass is 311 g/mol. The van der Waals surface area contributed by atoms with Crippen LogP contribution in [-0.2, 0) is 4.79 Å². The third kappa shape index (κ3) is 6.93. The SMILES string of the molecule is Cc1ccc(Cl)cc1NC(=O)CNCCCN(C)C(C)C. The first-order valence-electron chi connectivity index (χ1n) is 7.37. The van der Waals surface area contributed by atoms with Crippen LogP contribution in [0.4, 0.5) is 5.69 Å². The Labute approximate surface area is 132 Å². The number of nitrogens with zero attached hydrogens (tertiary/aromatic N) is 1. The van der Waals surface area contributed by atoms with Crippen LogP contribution in [0.1, 0.15) is 25.8 Å². The van der Waals surface area contributed by atoms with E-state index in [4.69, 9.17) is 11.6 Å². The Morgan fingerprint density at radius 1 is 1.38 bits per heavy atom. The number of hydrogen-bond acceptors (Lipinski definition) is 3. The number of carbonyl (C=O) groups is 1. The highest BCUT2D eigenvalue weighted by atomic mass is 35.5. The fraction of sp³-hybridized carbons (Fsp3) is 0.562. The lowest BCUT2D eigenvalue weighted by Gasteiger charge is -2.20. The van der Waals surface area contributed by atoms with Gasteiger partial charge in [0.05, 0.1) is 6.54 Å². The summed E-state index contributed by atoms with van der Waals surface area (Å²) in [6.07, 6.45) is 1.03. The first-order chi connectivity index (χ1) is 9.90. The van der Waals surface area contributed by atoms with Crippen molar-refractivity contribution < 1.29 is 4.79 Å². The Bertz CT molecular complexity index is 463. The molecule has 1 aromatic rings. The van der Waals surface area contributed by atoms with E-state index < -0.39 is 0 Å². The highest BCUT2D eigenvalue weighted by Gasteiger charge is 2.06. The van der Waals surface area contributed by atoms with Crippen LogP contribution in [-0.4, -0.2) is 43.5 Å². The molecule has 0 atom stereocenters. The molecule has 4 nitrogen and oxygen atoms in total. The van der Waals surface area contributed by atoms with Crippen LogP contribution >= 0.6 is 11.6 Å². The maximum atomic E-state index is 11.9. The summed E-state index contributed by atoms with van der Waals surface area (Å²) in [7, 11) is 2.11. The van der Waals surface area contributed by atoms with Crippen molar-refractivity contribution in [1.29, 1.82) is 0 Å². The molecule has 0 aliphatic rings. The van der Waals surface area contributed by atoms with Crippen molar-refractivity contribution in [1.82, 2.24) is 10.2 Å². The van der Waals surface area contributed by atoms with Gasteiger partial charge in [-0.3, -0.25) is 4.79 Å². The van der Waals surface area contributed by atoms with Gasteiger partial charge in [-0.2, -0.15) is 0 Å². The molecule has 0 saturated carbocycles. The molecule has 0 spiro atoms. The fourth-order valence-electron chi connectivity index (χ4n) is 1.84. The molecule has 5 heteroatoms. The van der Waals surface area contributed by atoms with Gasteiger partial charge in [0.1, 0.15) is 0 Å². The zero-order valence-electron chi connectivity index (χ0n) is 13.4. The van der Waals surface area contributed by atoms with E-state index in [1.807, 2.05) is 19.1 Å². The molecule has 21 heavy (non-hydrogen) atoms. The molecule has 0 radical (unpaired) electrons. The van der Waals surface area contributed by atoms with Crippen molar-refractivity contribution in [2.24, 2.45) is 0 Å². The zero-order valence-corrected chi connectivity index (χ0v) is 14.1. The molecule has 0 bridgehead atoms. The third-order valence-corrected chi connectivity index (χ3v) is 3.74. The molecule has 0 unspecified atom stereocenters. The molecule has 0 aliphatic heterocycles. The molecule has 0 saturated heterocycles. The second-order valence-corrected chi connectivity index (χ2v) is 6.05. The third-order valence-electron chi connectivity index (χ3n) is 3.51. The molecule has 0 aromatic heterocycles. The van der Waals surface area contributed by atoms with Crippen molar-refractivity contribution in [3.63, 3.8) is 0 Å². The summed E-state index contributed by atoms with van der Waals surface area (Å²) in [6.45, 7) is 8.47. The summed E-state index contributed by atoms with van der Waals surface area (Å²) >= 11 is 5.93. The smallest absolute Gasteiger partial charge is 0.238 e. The van der Waals surface area contributed by atoms with E-state index >= 15 is 0 Å². The summed E-state index contributed by atoms with van der Waals surface area (Å²) in [4.78, 5) is 14.1. The standard InChI is InChI=1S/C16H26ClN3O/c1-12(2)20(4)9-5-8-18-11-16(21)19-15-10-14(17)7-6-13(15)3/h6-7,10,12,18H,5,8-9,11H2,1-4H3,(H,19,21). The molecule has 118 valence electrons. The molecule has 1 aromatic carbocycles. The number of amides is 1. The van der Waals surface area contributed by atoms with Gasteiger partial charge in [-0.25, -0.2) is 0 Å². The molecular formula is C16H26ClN3O. The van der Waals surface area contributed by atoms with Crippen molar-refractivity contribution in [3.05, 3.63) is 28.8 Å². The van der Waals surface area contributed by atoms with Crippen LogP contribution in [0.3, 0.4) is 0 Å². The molecular weight excluding hydrogens is 286 g/mol. The fourth-order valence-corrected chi connectivity index (χ4v) is 2.01. The van der Waals surface area contributed by atoms with Crippen molar-refractivity contribution >= 4 is 23.2 Å². The lowest BCUT2D eigenvalue weighted by Crippen LogP contribution is -2.32. The van der Waals surface area contributed by atoms with Gasteiger partial charge in [-0.05, 0) is 65.0 Å². The van der Waals surface area contributed by atoms with Crippen LogP contribution in [0, 0.1) is 6.92 Å². The Hall–Kier alpha value is -1.10. The van der Waals surface area contributed by atoms with Crippen LogP contribution < -0.4 is 10.6 Å². The average Bonchev–Trinajstić information content (AvgIpc) is 2.42. The number of benzene rings is 1. The van der Waals surface area contributed by atoms with Gasteiger partial charge in [-0.1, -0.05) is 17.7 Å². The largest absolute Gasteiger partial charge is 0.325 e. The van der Waals surface area contributed by atoms with Crippen molar-refractivity contribution in [3.8, 4) is 0 Å². The maximum Gasteiger partial charge on any atom is 0.238 e. The second-order valence-electron chi connectivity index (χ2n) is 5.61. The molecule has 0 fully saturated rings. The normalized spacial score (nSPS) is 11.2. The molecule has 1 amide bonds. The number of nitrogens with one attached hydrogen (secondary N) is 2. The van der Waals surface area contributed by atoms with Crippen LogP contribution in [0.25, 0.3) is 0 Å². The highest BCUT2D eigenvalue weighted by molar-refractivity contribution is 6.31. The van der Waals surface area contributed by atoms with E-state index in [1.54, 1.807) is 6.07 Å². The topological polar surface area (TPSA) is 44.4 Å². The minimum Gasteiger partial charge on any atom is -0.325 e. The Kier molecular flexibility index (Phi) is 7.72. The Morgan fingerprint density at radius 2 is 2.10 bits per heavy atom. The van der Waals surface area contributed by atoms with E-state index in [0.717, 1.165) is 30.8 Å². The van der Waals surface area contributed by atoms with Gasteiger partial charge in [0.25, 0.3) is 0 Å². The van der Waals surface area contributed by atoms with Crippen LogP contribution in [0.15, 0.2) is 18.2 Å². The number of aryl methyl sites for hydroxylation is 1. The van der Waals surface area contributed by atoms with Crippen molar-refractivity contribution in [2.45, 2.75) is 33.2 Å². The van der Waals surface area contributed by atoms with Crippen molar-refractivity contribution in [2.75, 3.05) is 32.0 Å². The summed E-state index contributed by atoms with van der Waals surface area (Å²) in [5, 5.41) is 6.66. The first kappa shape index (κ1) is 18.0. The predicted molar refractivity (Wildman–Crippen MR) is 90.1 cm³/mol. The van der Waals surface area contributed by atoms with Gasteiger partial charge in [0.15, 0.2) is 0 Å². The minimum atomic E-state index is -0.0439. The quantitative estimate of drug-likeness (QED) is 0.726. The predicted octanol–water partition coefficient (Wildman–Crippen LogP) is 2.91. The molecule has 1 rings (SSSR count). The average molecular weight is 312 g/mol. The van der Waals surface area contributed by atoms with Gasteiger partial charge in [-0.15, -0.1) is 0 Å². The number of anilines is 1. The summed E-state index contributed by atoms with van der Waals surface area (Å²) in [5.74, 6) is -0.0439. The van der Waals surface area contributed by atoms with E-state index in [2.05, 4.69) is 36.4 Å². The van der Waals surface area contributed by atoms with Gasteiger partial charge in [0, 0.05) is 16.8 Å². The number of carbonyl (C=O) groups excluding carboxylic acids is 1.